The van der Waals surface area contributed by atoms with Gasteiger partial charge in [-0.2, -0.15) is 0 Å². The maximum atomic E-state index is 12.3. The second-order valence-electron chi connectivity index (χ2n) is 6.41. The van der Waals surface area contributed by atoms with Gasteiger partial charge in [-0.3, -0.25) is 9.59 Å². The van der Waals surface area contributed by atoms with E-state index in [2.05, 4.69) is 10.6 Å². The molecule has 0 bridgehead atoms. The number of para-hydroxylation sites is 1. The van der Waals surface area contributed by atoms with Crippen molar-refractivity contribution in [3.05, 3.63) is 65.7 Å². The van der Waals surface area contributed by atoms with Crippen molar-refractivity contribution in [3.63, 3.8) is 0 Å². The molecule has 26 heavy (non-hydrogen) atoms. The molecule has 0 aliphatic carbocycles. The van der Waals surface area contributed by atoms with Crippen LogP contribution in [0.15, 0.2) is 54.6 Å². The van der Waals surface area contributed by atoms with E-state index in [4.69, 9.17) is 0 Å². The fourth-order valence-electron chi connectivity index (χ4n) is 2.90. The fraction of sp³-hybridized carbons (Fsp3) is 0.333. The Hall–Kier alpha value is -2.66. The first kappa shape index (κ1) is 19.7. The molecule has 2 aromatic rings. The van der Waals surface area contributed by atoms with E-state index in [0.29, 0.717) is 6.42 Å². The fourth-order valence-corrected chi connectivity index (χ4v) is 2.90. The summed E-state index contributed by atoms with van der Waals surface area (Å²) >= 11 is 0. The summed E-state index contributed by atoms with van der Waals surface area (Å²) in [5.41, 5.74) is 2.83. The number of aliphatic carboxylic acids is 1. The summed E-state index contributed by atoms with van der Waals surface area (Å²) in [6, 6.07) is 16.2. The molecule has 0 saturated heterocycles. The standard InChI is InChI=1S/C21H26N2O3/c1-3-17-11-7-8-12-18(17)23-20(24)13-15(2)22-19(21(25)26)14-16-9-5-4-6-10-16/h4-12,15,19,22H,3,13-14H2,1-2H3,(H,23,24)(H,25,26)/t15?,19-/m0/s1. The van der Waals surface area contributed by atoms with E-state index < -0.39 is 12.0 Å². The van der Waals surface area contributed by atoms with E-state index in [1.165, 1.54) is 0 Å². The number of carbonyl (C=O) groups excluding carboxylic acids is 1. The van der Waals surface area contributed by atoms with Crippen LogP contribution in [-0.4, -0.2) is 29.1 Å². The largest absolute Gasteiger partial charge is 0.480 e. The Kier molecular flexibility index (Phi) is 7.36. The van der Waals surface area contributed by atoms with E-state index in [1.54, 1.807) is 0 Å². The highest BCUT2D eigenvalue weighted by molar-refractivity contribution is 5.91. The molecule has 0 aliphatic rings. The number of benzene rings is 2. The van der Waals surface area contributed by atoms with Gasteiger partial charge in [-0.05, 0) is 37.0 Å². The average molecular weight is 354 g/mol. The van der Waals surface area contributed by atoms with Crippen LogP contribution >= 0.6 is 0 Å². The molecule has 0 fully saturated rings. The molecule has 2 aromatic carbocycles. The first-order valence-corrected chi connectivity index (χ1v) is 8.90. The number of amides is 1. The molecule has 3 N–H and O–H groups in total. The van der Waals surface area contributed by atoms with Gasteiger partial charge in [0.15, 0.2) is 0 Å². The third-order valence-electron chi connectivity index (χ3n) is 4.23. The van der Waals surface area contributed by atoms with Crippen LogP contribution in [0.2, 0.25) is 0 Å². The Labute approximate surface area is 154 Å². The number of nitrogens with one attached hydrogen (secondary N) is 2. The van der Waals surface area contributed by atoms with Crippen molar-refractivity contribution in [2.24, 2.45) is 0 Å². The Morgan fingerprint density at radius 3 is 2.35 bits per heavy atom. The second kappa shape index (κ2) is 9.73. The van der Waals surface area contributed by atoms with Crippen LogP contribution in [-0.2, 0) is 22.4 Å². The summed E-state index contributed by atoms with van der Waals surface area (Å²) in [6.07, 6.45) is 1.42. The minimum absolute atomic E-state index is 0.130. The Balaban J connectivity index is 1.91. The zero-order valence-electron chi connectivity index (χ0n) is 15.2. The highest BCUT2D eigenvalue weighted by Gasteiger charge is 2.21. The molecule has 0 radical (unpaired) electrons. The van der Waals surface area contributed by atoms with E-state index in [9.17, 15) is 14.7 Å². The van der Waals surface area contributed by atoms with Crippen LogP contribution < -0.4 is 10.6 Å². The van der Waals surface area contributed by atoms with Crippen molar-refractivity contribution in [1.82, 2.24) is 5.32 Å². The molecule has 0 saturated carbocycles. The van der Waals surface area contributed by atoms with Crippen molar-refractivity contribution in [1.29, 1.82) is 0 Å². The first-order chi connectivity index (χ1) is 12.5. The topological polar surface area (TPSA) is 78.4 Å². The molecule has 0 heterocycles. The molecule has 0 aliphatic heterocycles. The molecule has 0 aromatic heterocycles. The van der Waals surface area contributed by atoms with Gasteiger partial charge in [0.05, 0.1) is 0 Å². The van der Waals surface area contributed by atoms with Crippen LogP contribution in [0.25, 0.3) is 0 Å². The molecule has 2 atom stereocenters. The van der Waals surface area contributed by atoms with Crippen molar-refractivity contribution >= 4 is 17.6 Å². The maximum Gasteiger partial charge on any atom is 0.321 e. The quantitative estimate of drug-likeness (QED) is 0.646. The third-order valence-corrected chi connectivity index (χ3v) is 4.23. The monoisotopic (exact) mass is 354 g/mol. The summed E-state index contributed by atoms with van der Waals surface area (Å²) < 4.78 is 0. The van der Waals surface area contributed by atoms with Gasteiger partial charge in [0.1, 0.15) is 6.04 Å². The van der Waals surface area contributed by atoms with Gasteiger partial charge < -0.3 is 15.7 Å². The van der Waals surface area contributed by atoms with Gasteiger partial charge in [0.2, 0.25) is 5.91 Å². The van der Waals surface area contributed by atoms with Gasteiger partial charge in [0, 0.05) is 18.2 Å². The van der Waals surface area contributed by atoms with Gasteiger partial charge >= 0.3 is 5.97 Å². The first-order valence-electron chi connectivity index (χ1n) is 8.90. The van der Waals surface area contributed by atoms with Crippen molar-refractivity contribution in [2.45, 2.75) is 45.2 Å². The van der Waals surface area contributed by atoms with Crippen molar-refractivity contribution < 1.29 is 14.7 Å². The van der Waals surface area contributed by atoms with Gasteiger partial charge in [0.25, 0.3) is 0 Å². The molecular weight excluding hydrogens is 328 g/mol. The van der Waals surface area contributed by atoms with Crippen molar-refractivity contribution in [3.8, 4) is 0 Å². The Bertz CT molecular complexity index is 731. The number of hydrogen-bond acceptors (Lipinski definition) is 3. The SMILES string of the molecule is CCc1ccccc1NC(=O)CC(C)N[C@@H](Cc1ccccc1)C(=O)O. The molecule has 5 nitrogen and oxygen atoms in total. The lowest BCUT2D eigenvalue weighted by Crippen LogP contribution is -2.44. The number of carbonyl (C=O) groups is 2. The van der Waals surface area contributed by atoms with E-state index >= 15 is 0 Å². The third kappa shape index (κ3) is 6.01. The minimum atomic E-state index is -0.919. The number of aryl methyl sites for hydroxylation is 1. The number of carboxylic acid groups (broad SMARTS) is 1. The van der Waals surface area contributed by atoms with Crippen LogP contribution in [0.1, 0.15) is 31.4 Å². The Morgan fingerprint density at radius 1 is 1.04 bits per heavy atom. The van der Waals surface area contributed by atoms with Crippen molar-refractivity contribution in [2.75, 3.05) is 5.32 Å². The van der Waals surface area contributed by atoms with E-state index in [1.807, 2.05) is 68.4 Å². The molecule has 1 amide bonds. The lowest BCUT2D eigenvalue weighted by atomic mass is 10.0. The zero-order valence-corrected chi connectivity index (χ0v) is 15.2. The minimum Gasteiger partial charge on any atom is -0.480 e. The van der Waals surface area contributed by atoms with E-state index in [-0.39, 0.29) is 18.4 Å². The van der Waals surface area contributed by atoms with Gasteiger partial charge in [-0.1, -0.05) is 55.5 Å². The highest BCUT2D eigenvalue weighted by Crippen LogP contribution is 2.16. The maximum absolute atomic E-state index is 12.3. The molecule has 138 valence electrons. The number of anilines is 1. The number of hydrogen-bond donors (Lipinski definition) is 3. The Morgan fingerprint density at radius 2 is 1.69 bits per heavy atom. The van der Waals surface area contributed by atoms with Gasteiger partial charge in [-0.25, -0.2) is 0 Å². The predicted octanol–water partition coefficient (Wildman–Crippen LogP) is 3.25. The van der Waals surface area contributed by atoms with Crippen LogP contribution in [0, 0.1) is 0 Å². The summed E-state index contributed by atoms with van der Waals surface area (Å²) in [4.78, 5) is 23.8. The van der Waals surface area contributed by atoms with Crippen LogP contribution in [0.3, 0.4) is 0 Å². The summed E-state index contributed by atoms with van der Waals surface area (Å²) in [5, 5.41) is 15.4. The smallest absolute Gasteiger partial charge is 0.321 e. The molecule has 2 rings (SSSR count). The highest BCUT2D eigenvalue weighted by atomic mass is 16.4. The zero-order chi connectivity index (χ0) is 18.9. The predicted molar refractivity (Wildman–Crippen MR) is 103 cm³/mol. The van der Waals surface area contributed by atoms with Crippen LogP contribution in [0.4, 0.5) is 5.69 Å². The molecular formula is C21H26N2O3. The second-order valence-corrected chi connectivity index (χ2v) is 6.41. The van der Waals surface area contributed by atoms with E-state index in [0.717, 1.165) is 23.2 Å². The summed E-state index contributed by atoms with van der Waals surface area (Å²) in [7, 11) is 0. The number of carboxylic acids is 1. The number of rotatable bonds is 9. The summed E-state index contributed by atoms with van der Waals surface area (Å²) in [6.45, 7) is 3.86. The normalized spacial score (nSPS) is 13.0. The lowest BCUT2D eigenvalue weighted by molar-refractivity contribution is -0.139. The average Bonchev–Trinajstić information content (AvgIpc) is 2.62. The summed E-state index contributed by atoms with van der Waals surface area (Å²) in [5.74, 6) is -1.05. The lowest BCUT2D eigenvalue weighted by Gasteiger charge is -2.20. The van der Waals surface area contributed by atoms with Crippen LogP contribution in [0.5, 0.6) is 0 Å². The van der Waals surface area contributed by atoms with Gasteiger partial charge in [-0.15, -0.1) is 0 Å². The molecule has 0 spiro atoms. The molecule has 1 unspecified atom stereocenters. The molecule has 5 heteroatoms.